The van der Waals surface area contributed by atoms with Crippen molar-refractivity contribution in [3.63, 3.8) is 0 Å². The summed E-state index contributed by atoms with van der Waals surface area (Å²) in [6.07, 6.45) is 1.11. The lowest BCUT2D eigenvalue weighted by Crippen LogP contribution is -2.27. The van der Waals surface area contributed by atoms with Crippen molar-refractivity contribution in [1.82, 2.24) is 0 Å². The molecule has 1 aliphatic heterocycles. The van der Waals surface area contributed by atoms with Crippen LogP contribution in [0.5, 0.6) is 0 Å². The maximum atomic E-state index is 14.9. The van der Waals surface area contributed by atoms with Crippen LogP contribution in [-0.2, 0) is 4.79 Å². The molecule has 0 saturated heterocycles. The quantitative estimate of drug-likeness (QED) is 0.452. The van der Waals surface area contributed by atoms with E-state index in [0.29, 0.717) is 24.0 Å². The number of para-hydroxylation sites is 2. The van der Waals surface area contributed by atoms with Crippen LogP contribution < -0.4 is 10.6 Å². The number of nitrogens with one attached hydrogen (secondary N) is 2. The van der Waals surface area contributed by atoms with Crippen LogP contribution in [0.25, 0.3) is 0 Å². The van der Waals surface area contributed by atoms with E-state index < -0.39 is 6.04 Å². The number of rotatable bonds is 2. The molecule has 3 nitrogen and oxygen atoms in total. The lowest BCUT2D eigenvalue weighted by Gasteiger charge is -2.30. The molecule has 0 radical (unpaired) electrons. The molecule has 1 heterocycles. The van der Waals surface area contributed by atoms with Gasteiger partial charge in [-0.25, -0.2) is 4.39 Å². The zero-order valence-corrected chi connectivity index (χ0v) is 17.7. The van der Waals surface area contributed by atoms with Crippen molar-refractivity contribution in [1.29, 1.82) is 0 Å². The van der Waals surface area contributed by atoms with Crippen LogP contribution in [0.2, 0.25) is 0 Å². The van der Waals surface area contributed by atoms with Crippen LogP contribution in [0.1, 0.15) is 35.9 Å². The average molecular weight is 463 g/mol. The normalized spacial score (nSPS) is 20.5. The number of anilines is 2. The fourth-order valence-corrected chi connectivity index (χ4v) is 4.80. The van der Waals surface area contributed by atoms with Gasteiger partial charge in [-0.3, -0.25) is 4.79 Å². The van der Waals surface area contributed by atoms with Crippen molar-refractivity contribution in [3.05, 3.63) is 105 Å². The Kier molecular flexibility index (Phi) is 4.91. The van der Waals surface area contributed by atoms with Crippen LogP contribution in [0.15, 0.2) is 88.5 Å². The number of carbonyl (C=O) groups is 1. The summed E-state index contributed by atoms with van der Waals surface area (Å²) in [7, 11) is 0. The number of hydrogen-bond acceptors (Lipinski definition) is 3. The molecule has 0 bridgehead atoms. The molecule has 3 aromatic rings. The van der Waals surface area contributed by atoms with Crippen LogP contribution >= 0.6 is 15.9 Å². The Balaban J connectivity index is 1.65. The molecule has 0 saturated carbocycles. The highest BCUT2D eigenvalue weighted by Gasteiger charge is 2.36. The van der Waals surface area contributed by atoms with Gasteiger partial charge in [-0.15, -0.1) is 0 Å². The van der Waals surface area contributed by atoms with Gasteiger partial charge in [0, 0.05) is 27.7 Å². The van der Waals surface area contributed by atoms with Gasteiger partial charge in [-0.05, 0) is 48.2 Å². The van der Waals surface area contributed by atoms with Crippen LogP contribution in [-0.4, -0.2) is 5.78 Å². The number of allylic oxidation sites excluding steroid dienone is 1. The Morgan fingerprint density at radius 1 is 0.900 bits per heavy atom. The van der Waals surface area contributed by atoms with E-state index in [-0.39, 0.29) is 17.5 Å². The predicted molar refractivity (Wildman–Crippen MR) is 121 cm³/mol. The minimum absolute atomic E-state index is 0.0438. The Morgan fingerprint density at radius 3 is 2.43 bits per heavy atom. The Morgan fingerprint density at radius 2 is 1.63 bits per heavy atom. The smallest absolute Gasteiger partial charge is 0.163 e. The Labute approximate surface area is 183 Å². The van der Waals surface area contributed by atoms with E-state index in [2.05, 4.69) is 38.7 Å². The third-order valence-electron chi connectivity index (χ3n) is 5.85. The van der Waals surface area contributed by atoms with E-state index >= 15 is 0 Å². The van der Waals surface area contributed by atoms with Crippen molar-refractivity contribution in [2.45, 2.75) is 24.8 Å². The summed E-state index contributed by atoms with van der Waals surface area (Å²) in [6, 6.07) is 22.2. The molecular weight excluding hydrogens is 443 g/mol. The van der Waals surface area contributed by atoms with Crippen LogP contribution in [0.4, 0.5) is 15.8 Å². The molecule has 0 unspecified atom stereocenters. The number of fused-ring (bicyclic) bond motifs is 1. The average Bonchev–Trinajstić information content (AvgIpc) is 2.93. The molecule has 0 spiro atoms. The lowest BCUT2D eigenvalue weighted by molar-refractivity contribution is -0.116. The van der Waals surface area contributed by atoms with Gasteiger partial charge in [0.15, 0.2) is 5.78 Å². The molecule has 30 heavy (non-hydrogen) atoms. The van der Waals surface area contributed by atoms with E-state index in [1.165, 1.54) is 6.07 Å². The molecule has 0 amide bonds. The highest BCUT2D eigenvalue weighted by molar-refractivity contribution is 9.10. The second kappa shape index (κ2) is 7.73. The van der Waals surface area contributed by atoms with Crippen molar-refractivity contribution in [3.8, 4) is 0 Å². The van der Waals surface area contributed by atoms with Gasteiger partial charge in [-0.2, -0.15) is 0 Å². The Hall–Kier alpha value is -2.92. The van der Waals surface area contributed by atoms with Crippen molar-refractivity contribution < 1.29 is 9.18 Å². The van der Waals surface area contributed by atoms with Gasteiger partial charge in [0.2, 0.25) is 0 Å². The van der Waals surface area contributed by atoms with E-state index in [1.807, 2.05) is 42.5 Å². The largest absolute Gasteiger partial charge is 0.372 e. The molecule has 2 atom stereocenters. The second-order valence-electron chi connectivity index (χ2n) is 7.75. The first-order chi connectivity index (χ1) is 14.6. The van der Waals surface area contributed by atoms with Gasteiger partial charge >= 0.3 is 0 Å². The predicted octanol–water partition coefficient (Wildman–Crippen LogP) is 6.57. The summed E-state index contributed by atoms with van der Waals surface area (Å²) in [4.78, 5) is 13.4. The van der Waals surface area contributed by atoms with Crippen molar-refractivity contribution >= 4 is 33.1 Å². The third-order valence-corrected chi connectivity index (χ3v) is 6.34. The maximum Gasteiger partial charge on any atom is 0.163 e. The van der Waals surface area contributed by atoms with E-state index in [4.69, 9.17) is 0 Å². The monoisotopic (exact) mass is 462 g/mol. The molecule has 5 rings (SSSR count). The summed E-state index contributed by atoms with van der Waals surface area (Å²) < 4.78 is 15.7. The van der Waals surface area contributed by atoms with Gasteiger partial charge in [0.1, 0.15) is 5.82 Å². The third kappa shape index (κ3) is 3.43. The first kappa shape index (κ1) is 19.1. The van der Waals surface area contributed by atoms with Gasteiger partial charge in [0.25, 0.3) is 0 Å². The number of halogens is 2. The van der Waals surface area contributed by atoms with E-state index in [1.54, 1.807) is 12.1 Å². The number of benzene rings is 3. The van der Waals surface area contributed by atoms with Gasteiger partial charge < -0.3 is 10.6 Å². The molecule has 3 aromatic carbocycles. The molecule has 150 valence electrons. The zero-order valence-electron chi connectivity index (χ0n) is 16.2. The van der Waals surface area contributed by atoms with E-state index in [0.717, 1.165) is 27.1 Å². The summed E-state index contributed by atoms with van der Waals surface area (Å²) in [5.74, 6) is -0.189. The SMILES string of the molecule is O=C1C[C@H](c2ccccc2)CC2=C1[C@@H](c1cc(Br)ccc1F)Nc1ccccc1N2. The molecule has 0 fully saturated rings. The highest BCUT2D eigenvalue weighted by Crippen LogP contribution is 2.44. The molecule has 2 aliphatic rings. The fraction of sp³-hybridized carbons (Fsp3) is 0.160. The number of ketones is 1. The molecular formula is C25H20BrFN2O. The van der Waals surface area contributed by atoms with Crippen LogP contribution in [0.3, 0.4) is 0 Å². The highest BCUT2D eigenvalue weighted by atomic mass is 79.9. The minimum atomic E-state index is -0.558. The maximum absolute atomic E-state index is 14.9. The topological polar surface area (TPSA) is 41.1 Å². The summed E-state index contributed by atoms with van der Waals surface area (Å²) >= 11 is 3.45. The summed E-state index contributed by atoms with van der Waals surface area (Å²) in [5.41, 5.74) is 4.83. The standard InChI is InChI=1S/C25H20BrFN2O/c26-17-10-11-19(27)18(14-17)25-24-22(28-20-8-4-5-9-21(20)29-25)12-16(13-23(24)30)15-6-2-1-3-7-15/h1-11,14,16,25,28-29H,12-13H2/t16-,25-/m1/s1. The van der Waals surface area contributed by atoms with Crippen molar-refractivity contribution in [2.24, 2.45) is 0 Å². The first-order valence-corrected chi connectivity index (χ1v) is 10.8. The second-order valence-corrected chi connectivity index (χ2v) is 8.66. The summed E-state index contributed by atoms with van der Waals surface area (Å²) in [5, 5.41) is 6.91. The van der Waals surface area contributed by atoms with Gasteiger partial charge in [0.05, 0.1) is 17.4 Å². The van der Waals surface area contributed by atoms with Crippen LogP contribution in [0, 0.1) is 5.82 Å². The zero-order chi connectivity index (χ0) is 20.7. The number of carbonyl (C=O) groups excluding carboxylic acids is 1. The molecule has 2 N–H and O–H groups in total. The number of Topliss-reactive ketones (excluding diaryl/α,β-unsaturated/α-hetero) is 1. The molecule has 5 heteroatoms. The Bertz CT molecular complexity index is 1160. The van der Waals surface area contributed by atoms with E-state index in [9.17, 15) is 9.18 Å². The molecule has 1 aliphatic carbocycles. The van der Waals surface area contributed by atoms with Crippen molar-refractivity contribution in [2.75, 3.05) is 10.6 Å². The molecule has 0 aromatic heterocycles. The minimum Gasteiger partial charge on any atom is -0.372 e. The first-order valence-electron chi connectivity index (χ1n) is 9.99. The lowest BCUT2D eigenvalue weighted by atomic mass is 9.78. The van der Waals surface area contributed by atoms with Gasteiger partial charge in [-0.1, -0.05) is 58.4 Å². The number of hydrogen-bond donors (Lipinski definition) is 2. The fourth-order valence-electron chi connectivity index (χ4n) is 4.42. The summed E-state index contributed by atoms with van der Waals surface area (Å²) in [6.45, 7) is 0.